The van der Waals surface area contributed by atoms with Gasteiger partial charge in [0.1, 0.15) is 17.7 Å². The van der Waals surface area contributed by atoms with E-state index in [0.29, 0.717) is 4.47 Å². The van der Waals surface area contributed by atoms with Crippen LogP contribution in [0.3, 0.4) is 0 Å². The summed E-state index contributed by atoms with van der Waals surface area (Å²) in [6.45, 7) is 8.25. The van der Waals surface area contributed by atoms with E-state index >= 15 is 0 Å². The second kappa shape index (κ2) is 10.7. The lowest BCUT2D eigenvalue weighted by Crippen LogP contribution is -2.52. The van der Waals surface area contributed by atoms with Crippen LogP contribution >= 0.6 is 15.9 Å². The van der Waals surface area contributed by atoms with Gasteiger partial charge in [0.05, 0.1) is 11.0 Å². The van der Waals surface area contributed by atoms with Gasteiger partial charge in [-0.05, 0) is 51.5 Å². The Balaban J connectivity index is 2.18. The van der Waals surface area contributed by atoms with Gasteiger partial charge in [-0.3, -0.25) is 8.98 Å². The molecule has 0 aliphatic carbocycles. The van der Waals surface area contributed by atoms with E-state index in [0.717, 1.165) is 4.90 Å². The second-order valence-corrected chi connectivity index (χ2v) is 10.9. The molecule has 2 amide bonds. The number of alkyl carbamates (subject to hydrolysis) is 1. The predicted octanol–water partition coefficient (Wildman–Crippen LogP) is 2.68. The third kappa shape index (κ3) is 7.54. The monoisotopic (exact) mass is 546 g/mol. The molecular weight excluding hydrogens is 520 g/mol. The fraction of sp³-hybridized carbons (Fsp3) is 0.476. The van der Waals surface area contributed by atoms with E-state index in [1.54, 1.807) is 20.8 Å². The summed E-state index contributed by atoms with van der Waals surface area (Å²) in [7, 11) is -4.19. The molecule has 0 aromatic heterocycles. The van der Waals surface area contributed by atoms with Gasteiger partial charge < -0.3 is 20.1 Å². The van der Waals surface area contributed by atoms with Crippen LogP contribution in [0, 0.1) is 0 Å². The van der Waals surface area contributed by atoms with E-state index in [9.17, 15) is 27.9 Å². The highest BCUT2D eigenvalue weighted by Gasteiger charge is 2.44. The zero-order chi connectivity index (χ0) is 25.0. The van der Waals surface area contributed by atoms with E-state index in [4.69, 9.17) is 8.92 Å². The zero-order valence-electron chi connectivity index (χ0n) is 18.5. The number of hydrogen-bond donors (Lipinski definition) is 2. The second-order valence-electron chi connectivity index (χ2n) is 8.43. The lowest BCUT2D eigenvalue weighted by molar-refractivity contribution is -0.149. The minimum Gasteiger partial charge on any atom is -0.480 e. The molecule has 1 saturated heterocycles. The van der Waals surface area contributed by atoms with Crippen molar-refractivity contribution in [3.8, 4) is 0 Å². The molecule has 1 fully saturated rings. The van der Waals surface area contributed by atoms with Crippen LogP contribution in [-0.2, 0) is 28.6 Å². The normalized spacial score (nSPS) is 19.6. The van der Waals surface area contributed by atoms with Gasteiger partial charge in [0.2, 0.25) is 5.91 Å². The van der Waals surface area contributed by atoms with Crippen molar-refractivity contribution in [2.45, 2.75) is 62.3 Å². The molecule has 0 spiro atoms. The number of nitrogens with one attached hydrogen (secondary N) is 1. The Kier molecular flexibility index (Phi) is 8.66. The van der Waals surface area contributed by atoms with Gasteiger partial charge in [0, 0.05) is 17.4 Å². The summed E-state index contributed by atoms with van der Waals surface area (Å²) in [6, 6.07) is 3.29. The largest absolute Gasteiger partial charge is 0.480 e. The molecule has 182 valence electrons. The topological polar surface area (TPSA) is 139 Å². The Morgan fingerprint density at radius 1 is 1.30 bits per heavy atom. The Morgan fingerprint density at radius 2 is 1.91 bits per heavy atom. The quantitative estimate of drug-likeness (QED) is 0.374. The number of carbonyl (C=O) groups is 3. The van der Waals surface area contributed by atoms with Crippen molar-refractivity contribution in [1.29, 1.82) is 0 Å². The number of hydrogen-bond acceptors (Lipinski definition) is 7. The van der Waals surface area contributed by atoms with Crippen molar-refractivity contribution in [2.24, 2.45) is 0 Å². The van der Waals surface area contributed by atoms with Crippen molar-refractivity contribution in [2.75, 3.05) is 6.54 Å². The Bertz CT molecular complexity index is 1000. The van der Waals surface area contributed by atoms with Gasteiger partial charge in [0.15, 0.2) is 0 Å². The van der Waals surface area contributed by atoms with Crippen molar-refractivity contribution in [3.05, 3.63) is 41.4 Å². The highest BCUT2D eigenvalue weighted by molar-refractivity contribution is 9.10. The lowest BCUT2D eigenvalue weighted by Gasteiger charge is -2.27. The number of aliphatic carboxylic acids is 1. The van der Waals surface area contributed by atoms with Crippen molar-refractivity contribution in [1.82, 2.24) is 10.2 Å². The Morgan fingerprint density at radius 3 is 2.42 bits per heavy atom. The van der Waals surface area contributed by atoms with Gasteiger partial charge in [-0.15, -0.1) is 6.58 Å². The van der Waals surface area contributed by atoms with Crippen LogP contribution < -0.4 is 5.32 Å². The molecule has 10 nitrogen and oxygen atoms in total. The summed E-state index contributed by atoms with van der Waals surface area (Å²) in [5.74, 6) is -2.02. The van der Waals surface area contributed by atoms with Crippen LogP contribution in [0.15, 0.2) is 46.3 Å². The van der Waals surface area contributed by atoms with Crippen molar-refractivity contribution >= 4 is 44.0 Å². The number of carboxylic acid groups (broad SMARTS) is 1. The molecule has 33 heavy (non-hydrogen) atoms. The molecule has 0 saturated carbocycles. The summed E-state index contributed by atoms with van der Waals surface area (Å²) in [5.41, 5.74) is -0.802. The van der Waals surface area contributed by atoms with Gasteiger partial charge in [0.25, 0.3) is 10.1 Å². The summed E-state index contributed by atoms with van der Waals surface area (Å²) >= 11 is 3.22. The number of likely N-dealkylation sites (tertiary alicyclic amines) is 1. The highest BCUT2D eigenvalue weighted by Crippen LogP contribution is 2.26. The standard InChI is InChI=1S/C21H27BrN2O8S/c1-5-6-16(23-20(28)31-21(2,3)4)18(25)24-12-14(11-17(24)19(26)27)32-33(29,30)15-9-7-13(22)8-10-15/h5,7-10,14,16-17H,1,6,11-12H2,2-4H3,(H,23,28)(H,26,27)/t14-,16-,17-/m0/s1. The molecule has 3 atom stereocenters. The smallest absolute Gasteiger partial charge is 0.408 e. The van der Waals surface area contributed by atoms with Crippen LogP contribution in [0.2, 0.25) is 0 Å². The SMILES string of the molecule is C=CC[C@H](NC(=O)OC(C)(C)C)C(=O)N1C[C@@H](OS(=O)(=O)c2ccc(Br)cc2)C[C@H]1C(=O)O. The van der Waals surface area contributed by atoms with Crippen LogP contribution in [0.1, 0.15) is 33.6 Å². The van der Waals surface area contributed by atoms with Gasteiger partial charge in [-0.2, -0.15) is 8.42 Å². The van der Waals surface area contributed by atoms with E-state index < -0.39 is 51.9 Å². The van der Waals surface area contributed by atoms with E-state index in [-0.39, 0.29) is 24.3 Å². The molecule has 2 rings (SSSR count). The Hall–Kier alpha value is -2.44. The fourth-order valence-electron chi connectivity index (χ4n) is 3.22. The lowest BCUT2D eigenvalue weighted by atomic mass is 10.1. The van der Waals surface area contributed by atoms with E-state index in [1.807, 2.05) is 0 Å². The van der Waals surface area contributed by atoms with Gasteiger partial charge >= 0.3 is 12.1 Å². The number of carbonyl (C=O) groups excluding carboxylic acids is 2. The van der Waals surface area contributed by atoms with E-state index in [2.05, 4.69) is 27.8 Å². The average molecular weight is 547 g/mol. The van der Waals surface area contributed by atoms with Gasteiger partial charge in [-0.25, -0.2) is 9.59 Å². The van der Waals surface area contributed by atoms with Gasteiger partial charge in [-0.1, -0.05) is 22.0 Å². The average Bonchev–Trinajstić information content (AvgIpc) is 3.09. The first kappa shape index (κ1) is 26.8. The van der Waals surface area contributed by atoms with E-state index in [1.165, 1.54) is 30.3 Å². The summed E-state index contributed by atoms with van der Waals surface area (Å²) in [6.07, 6.45) is -0.736. The molecule has 12 heteroatoms. The summed E-state index contributed by atoms with van der Waals surface area (Å²) in [4.78, 5) is 37.9. The zero-order valence-corrected chi connectivity index (χ0v) is 20.9. The Labute approximate surface area is 201 Å². The van der Waals surface area contributed by atoms with Crippen molar-refractivity contribution in [3.63, 3.8) is 0 Å². The number of halogens is 1. The number of ether oxygens (including phenoxy) is 1. The maximum absolute atomic E-state index is 13.1. The summed E-state index contributed by atoms with van der Waals surface area (Å²) < 4.78 is 36.3. The molecule has 2 N–H and O–H groups in total. The molecule has 1 heterocycles. The minimum atomic E-state index is -4.19. The maximum Gasteiger partial charge on any atom is 0.408 e. The number of benzene rings is 1. The number of rotatable bonds is 8. The van der Waals surface area contributed by atoms with Crippen molar-refractivity contribution < 1.29 is 36.8 Å². The third-order valence-electron chi connectivity index (χ3n) is 4.59. The van der Waals surface area contributed by atoms with Crippen LogP contribution in [-0.4, -0.2) is 66.7 Å². The number of nitrogens with zero attached hydrogens (tertiary/aromatic N) is 1. The minimum absolute atomic E-state index is 0.0175. The maximum atomic E-state index is 13.1. The van der Waals surface area contributed by atoms with Crippen LogP contribution in [0.25, 0.3) is 0 Å². The first-order chi connectivity index (χ1) is 15.2. The molecule has 0 unspecified atom stereocenters. The third-order valence-corrected chi connectivity index (χ3v) is 6.49. The fourth-order valence-corrected chi connectivity index (χ4v) is 4.56. The van der Waals surface area contributed by atoms with Crippen LogP contribution in [0.4, 0.5) is 4.79 Å². The molecule has 1 aromatic rings. The first-order valence-electron chi connectivity index (χ1n) is 10.1. The molecule has 1 aliphatic heterocycles. The number of amides is 2. The number of carboxylic acids is 1. The predicted molar refractivity (Wildman–Crippen MR) is 122 cm³/mol. The molecule has 1 aliphatic rings. The molecular formula is C21H27BrN2O8S. The molecule has 0 radical (unpaired) electrons. The molecule has 1 aromatic carbocycles. The first-order valence-corrected chi connectivity index (χ1v) is 12.3. The molecule has 0 bridgehead atoms. The summed E-state index contributed by atoms with van der Waals surface area (Å²) in [5, 5.41) is 12.0. The highest BCUT2D eigenvalue weighted by atomic mass is 79.9. The van der Waals surface area contributed by atoms with Crippen LogP contribution in [0.5, 0.6) is 0 Å².